The summed E-state index contributed by atoms with van der Waals surface area (Å²) in [5.41, 5.74) is 0. The number of rotatable bonds is 5. The Kier molecular flexibility index (Phi) is 7.11. The first-order valence-electron chi connectivity index (χ1n) is 10.2. The van der Waals surface area contributed by atoms with Crippen LogP contribution >= 0.6 is 0 Å². The number of carbonyl (C=O) groups excluding carboxylic acids is 2. The monoisotopic (exact) mass is 350 g/mol. The Bertz CT molecular complexity index is 445. The Labute approximate surface area is 151 Å². The molecule has 0 radical (unpaired) electrons. The van der Waals surface area contributed by atoms with Crippen LogP contribution in [0, 0.1) is 5.92 Å². The minimum absolute atomic E-state index is 0.278. The van der Waals surface area contributed by atoms with Crippen LogP contribution in [-0.4, -0.2) is 85.4 Å². The molecule has 1 aliphatic carbocycles. The lowest BCUT2D eigenvalue weighted by atomic mass is 10.0. The molecule has 3 rings (SSSR count). The molecule has 0 aromatic rings. The van der Waals surface area contributed by atoms with Gasteiger partial charge in [0.25, 0.3) is 0 Å². The van der Waals surface area contributed by atoms with Gasteiger partial charge in [0, 0.05) is 65.2 Å². The molecule has 0 aromatic heterocycles. The zero-order chi connectivity index (χ0) is 17.5. The molecule has 0 bridgehead atoms. The zero-order valence-corrected chi connectivity index (χ0v) is 15.5. The molecule has 1 N–H and O–H groups in total. The van der Waals surface area contributed by atoms with E-state index in [0.29, 0.717) is 18.2 Å². The van der Waals surface area contributed by atoms with E-state index in [1.165, 1.54) is 25.7 Å². The lowest BCUT2D eigenvalue weighted by molar-refractivity contribution is -0.133. The van der Waals surface area contributed by atoms with E-state index in [0.717, 1.165) is 71.7 Å². The van der Waals surface area contributed by atoms with Gasteiger partial charge in [-0.15, -0.1) is 0 Å². The predicted octanol–water partition coefficient (Wildman–Crippen LogP) is 0.923. The Hall–Kier alpha value is -1.14. The van der Waals surface area contributed by atoms with Gasteiger partial charge >= 0.3 is 0 Å². The van der Waals surface area contributed by atoms with Crippen molar-refractivity contribution in [2.24, 2.45) is 5.92 Å². The molecule has 3 aliphatic rings. The van der Waals surface area contributed by atoms with Crippen molar-refractivity contribution in [1.29, 1.82) is 0 Å². The highest BCUT2D eigenvalue weighted by Crippen LogP contribution is 2.28. The summed E-state index contributed by atoms with van der Waals surface area (Å²) >= 11 is 0. The fraction of sp³-hybridized carbons (Fsp3) is 0.895. The van der Waals surface area contributed by atoms with E-state index < -0.39 is 0 Å². The van der Waals surface area contributed by atoms with E-state index in [4.69, 9.17) is 0 Å². The molecule has 2 heterocycles. The average Bonchev–Trinajstić information content (AvgIpc) is 3.03. The van der Waals surface area contributed by atoms with E-state index in [-0.39, 0.29) is 5.91 Å². The Morgan fingerprint density at radius 3 is 2.28 bits per heavy atom. The van der Waals surface area contributed by atoms with Gasteiger partial charge in [-0.25, -0.2) is 0 Å². The van der Waals surface area contributed by atoms with Crippen LogP contribution < -0.4 is 5.32 Å². The molecule has 0 unspecified atom stereocenters. The van der Waals surface area contributed by atoms with Crippen molar-refractivity contribution in [2.75, 3.05) is 58.9 Å². The lowest BCUT2D eigenvalue weighted by Crippen LogP contribution is -2.47. The predicted molar refractivity (Wildman–Crippen MR) is 98.3 cm³/mol. The minimum Gasteiger partial charge on any atom is -0.341 e. The molecule has 142 valence electrons. The second-order valence-corrected chi connectivity index (χ2v) is 7.81. The molecule has 0 aromatic carbocycles. The number of piperazine rings is 1. The first-order chi connectivity index (χ1) is 12.2. The molecule has 0 spiro atoms. The summed E-state index contributed by atoms with van der Waals surface area (Å²) in [4.78, 5) is 31.2. The molecule has 0 atom stereocenters. The van der Waals surface area contributed by atoms with E-state index >= 15 is 0 Å². The maximum Gasteiger partial charge on any atom is 0.223 e. The van der Waals surface area contributed by atoms with Crippen LogP contribution in [0.2, 0.25) is 0 Å². The van der Waals surface area contributed by atoms with Crippen molar-refractivity contribution in [2.45, 2.75) is 44.9 Å². The van der Waals surface area contributed by atoms with Crippen LogP contribution in [0.3, 0.4) is 0 Å². The van der Waals surface area contributed by atoms with Crippen LogP contribution in [0.4, 0.5) is 0 Å². The standard InChI is InChI=1S/C19H34N4O2/c24-18(23-12-7-20-8-13-23)6-11-21-9-3-10-22(15-14-21)19(25)16-17-4-1-2-5-17/h17,20H,1-16H2. The summed E-state index contributed by atoms with van der Waals surface area (Å²) in [7, 11) is 0. The van der Waals surface area contributed by atoms with E-state index in [1.807, 2.05) is 4.90 Å². The quantitative estimate of drug-likeness (QED) is 0.801. The molecule has 3 fully saturated rings. The summed E-state index contributed by atoms with van der Waals surface area (Å²) < 4.78 is 0. The van der Waals surface area contributed by atoms with Crippen LogP contribution in [0.15, 0.2) is 0 Å². The Morgan fingerprint density at radius 2 is 1.52 bits per heavy atom. The number of amides is 2. The topological polar surface area (TPSA) is 55.9 Å². The number of carbonyl (C=O) groups is 2. The van der Waals surface area contributed by atoms with Crippen molar-refractivity contribution in [3.63, 3.8) is 0 Å². The fourth-order valence-corrected chi connectivity index (χ4v) is 4.36. The first-order valence-corrected chi connectivity index (χ1v) is 10.2. The van der Waals surface area contributed by atoms with Gasteiger partial charge in [0.15, 0.2) is 0 Å². The van der Waals surface area contributed by atoms with Gasteiger partial charge in [0.1, 0.15) is 0 Å². The molecule has 25 heavy (non-hydrogen) atoms. The third-order valence-electron chi connectivity index (χ3n) is 5.99. The number of hydrogen-bond donors (Lipinski definition) is 1. The highest BCUT2D eigenvalue weighted by Gasteiger charge is 2.24. The van der Waals surface area contributed by atoms with Gasteiger partial charge in [0.05, 0.1) is 0 Å². The Balaban J connectivity index is 1.37. The summed E-state index contributed by atoms with van der Waals surface area (Å²) in [5, 5.41) is 3.28. The average molecular weight is 351 g/mol. The highest BCUT2D eigenvalue weighted by atomic mass is 16.2. The van der Waals surface area contributed by atoms with Crippen LogP contribution in [0.25, 0.3) is 0 Å². The number of hydrogen-bond acceptors (Lipinski definition) is 4. The maximum atomic E-state index is 12.5. The van der Waals surface area contributed by atoms with Gasteiger partial charge in [-0.1, -0.05) is 12.8 Å². The first kappa shape index (κ1) is 18.6. The molecule has 2 amide bonds. The highest BCUT2D eigenvalue weighted by molar-refractivity contribution is 5.77. The van der Waals surface area contributed by atoms with Gasteiger partial charge in [0.2, 0.25) is 11.8 Å². The Morgan fingerprint density at radius 1 is 0.800 bits per heavy atom. The van der Waals surface area contributed by atoms with Gasteiger partial charge in [-0.2, -0.15) is 0 Å². The smallest absolute Gasteiger partial charge is 0.223 e. The van der Waals surface area contributed by atoms with E-state index in [9.17, 15) is 9.59 Å². The molecular formula is C19H34N4O2. The van der Waals surface area contributed by atoms with Crippen LogP contribution in [-0.2, 0) is 9.59 Å². The molecular weight excluding hydrogens is 316 g/mol. The van der Waals surface area contributed by atoms with Crippen LogP contribution in [0.1, 0.15) is 44.9 Å². The fourth-order valence-electron chi connectivity index (χ4n) is 4.36. The largest absolute Gasteiger partial charge is 0.341 e. The molecule has 6 heteroatoms. The molecule has 2 saturated heterocycles. The normalized spacial score (nSPS) is 23.7. The lowest BCUT2D eigenvalue weighted by Gasteiger charge is -2.28. The van der Waals surface area contributed by atoms with E-state index in [2.05, 4.69) is 15.1 Å². The van der Waals surface area contributed by atoms with Crippen molar-refractivity contribution in [1.82, 2.24) is 20.0 Å². The summed E-state index contributed by atoms with van der Waals surface area (Å²) in [5.74, 6) is 1.26. The maximum absolute atomic E-state index is 12.5. The van der Waals surface area contributed by atoms with Crippen molar-refractivity contribution < 1.29 is 9.59 Å². The van der Waals surface area contributed by atoms with Gasteiger partial charge in [-0.05, 0) is 31.7 Å². The third-order valence-corrected chi connectivity index (χ3v) is 5.99. The van der Waals surface area contributed by atoms with Crippen molar-refractivity contribution in [3.8, 4) is 0 Å². The second-order valence-electron chi connectivity index (χ2n) is 7.81. The van der Waals surface area contributed by atoms with Crippen LogP contribution in [0.5, 0.6) is 0 Å². The summed E-state index contributed by atoms with van der Waals surface area (Å²) in [6.45, 7) is 7.94. The number of nitrogens with one attached hydrogen (secondary N) is 1. The molecule has 6 nitrogen and oxygen atoms in total. The molecule has 2 aliphatic heterocycles. The van der Waals surface area contributed by atoms with E-state index in [1.54, 1.807) is 0 Å². The summed E-state index contributed by atoms with van der Waals surface area (Å²) in [6.07, 6.45) is 7.45. The SMILES string of the molecule is O=C(CCN1CCCN(C(=O)CC2CCCC2)CC1)N1CCNCC1. The summed E-state index contributed by atoms with van der Waals surface area (Å²) in [6, 6.07) is 0. The zero-order valence-electron chi connectivity index (χ0n) is 15.5. The second kappa shape index (κ2) is 9.53. The molecule has 1 saturated carbocycles. The number of nitrogens with zero attached hydrogens (tertiary/aromatic N) is 3. The van der Waals surface area contributed by atoms with Crippen molar-refractivity contribution >= 4 is 11.8 Å². The minimum atomic E-state index is 0.278. The van der Waals surface area contributed by atoms with Gasteiger partial charge < -0.3 is 20.0 Å². The van der Waals surface area contributed by atoms with Gasteiger partial charge in [-0.3, -0.25) is 9.59 Å². The van der Waals surface area contributed by atoms with Crippen molar-refractivity contribution in [3.05, 3.63) is 0 Å². The third kappa shape index (κ3) is 5.68.